The van der Waals surface area contributed by atoms with E-state index in [4.69, 9.17) is 0 Å². The zero-order valence-electron chi connectivity index (χ0n) is 9.59. The third-order valence-corrected chi connectivity index (χ3v) is 4.12. The molecule has 1 aliphatic rings. The van der Waals surface area contributed by atoms with Crippen molar-refractivity contribution >= 4 is 21.7 Å². The van der Waals surface area contributed by atoms with E-state index in [-0.39, 0.29) is 5.92 Å². The number of allylic oxidation sites excluding steroid dienone is 2. The number of carbonyl (C=O) groups is 1. The Labute approximate surface area is 101 Å². The summed E-state index contributed by atoms with van der Waals surface area (Å²) in [5.41, 5.74) is 2.13. The van der Waals surface area contributed by atoms with Gasteiger partial charge in [0.05, 0.1) is 4.90 Å². The van der Waals surface area contributed by atoms with Crippen molar-refractivity contribution in [2.24, 2.45) is 5.92 Å². The average Bonchev–Trinajstić information content (AvgIpc) is 2.76. The molecule has 3 nitrogen and oxygen atoms in total. The Balaban J connectivity index is 2.28. The number of rotatable bonds is 3. The molecule has 4 heteroatoms. The summed E-state index contributed by atoms with van der Waals surface area (Å²) in [6.07, 6.45) is 5.84. The maximum Gasteiger partial charge on any atom is 0.175 e. The molecule has 0 aromatic heterocycles. The van der Waals surface area contributed by atoms with Crippen LogP contribution in [0.4, 0.5) is 0 Å². The van der Waals surface area contributed by atoms with E-state index in [1.165, 1.54) is 6.26 Å². The van der Waals surface area contributed by atoms with E-state index in [0.717, 1.165) is 30.3 Å². The van der Waals surface area contributed by atoms with Gasteiger partial charge in [-0.15, -0.1) is 0 Å². The summed E-state index contributed by atoms with van der Waals surface area (Å²) < 4.78 is 22.6. The fourth-order valence-electron chi connectivity index (χ4n) is 2.01. The molecular formula is C13H14O3S. The van der Waals surface area contributed by atoms with Crippen LogP contribution < -0.4 is 0 Å². The quantitative estimate of drug-likeness (QED) is 0.772. The lowest BCUT2D eigenvalue weighted by Crippen LogP contribution is -1.96. The van der Waals surface area contributed by atoms with Gasteiger partial charge < -0.3 is 4.79 Å². The van der Waals surface area contributed by atoms with Crippen LogP contribution in [0.5, 0.6) is 0 Å². The van der Waals surface area contributed by atoms with Crippen LogP contribution in [-0.4, -0.2) is 21.0 Å². The molecule has 0 fully saturated rings. The zero-order valence-corrected chi connectivity index (χ0v) is 10.4. The fraction of sp³-hybridized carbons (Fsp3) is 0.308. The first kappa shape index (κ1) is 12.0. The summed E-state index contributed by atoms with van der Waals surface area (Å²) in [6, 6.07) is 6.82. The normalized spacial score (nSPS) is 20.1. The first-order chi connectivity index (χ1) is 8.00. The van der Waals surface area contributed by atoms with Gasteiger partial charge >= 0.3 is 0 Å². The van der Waals surface area contributed by atoms with Crippen LogP contribution in [0.3, 0.4) is 0 Å². The molecule has 0 bridgehead atoms. The van der Waals surface area contributed by atoms with Gasteiger partial charge in [-0.05, 0) is 36.1 Å². The molecule has 2 rings (SSSR count). The number of aldehydes is 1. The van der Waals surface area contributed by atoms with Crippen LogP contribution in [0.1, 0.15) is 18.4 Å². The minimum Gasteiger partial charge on any atom is -0.303 e. The van der Waals surface area contributed by atoms with Crippen LogP contribution in [0.25, 0.3) is 5.57 Å². The molecule has 0 heterocycles. The first-order valence-electron chi connectivity index (χ1n) is 5.47. The first-order valence-corrected chi connectivity index (χ1v) is 7.36. The number of carbonyl (C=O) groups excluding carboxylic acids is 1. The predicted molar refractivity (Wildman–Crippen MR) is 66.3 cm³/mol. The number of sulfone groups is 1. The van der Waals surface area contributed by atoms with Gasteiger partial charge in [-0.3, -0.25) is 0 Å². The Bertz CT molecular complexity index is 553. The molecule has 0 saturated carbocycles. The highest BCUT2D eigenvalue weighted by atomic mass is 32.2. The maximum absolute atomic E-state index is 11.3. The van der Waals surface area contributed by atoms with Gasteiger partial charge in [0.2, 0.25) is 0 Å². The second-order valence-electron chi connectivity index (χ2n) is 4.33. The molecule has 1 aromatic rings. The lowest BCUT2D eigenvalue weighted by Gasteiger charge is -2.03. The molecule has 0 aliphatic heterocycles. The van der Waals surface area contributed by atoms with Crippen LogP contribution in [-0.2, 0) is 14.6 Å². The molecular weight excluding hydrogens is 236 g/mol. The second kappa shape index (κ2) is 4.45. The summed E-state index contributed by atoms with van der Waals surface area (Å²) in [5.74, 6) is 0.0135. The molecule has 1 unspecified atom stereocenters. The second-order valence-corrected chi connectivity index (χ2v) is 6.34. The van der Waals surface area contributed by atoms with Crippen molar-refractivity contribution in [2.75, 3.05) is 6.26 Å². The van der Waals surface area contributed by atoms with Crippen molar-refractivity contribution in [1.29, 1.82) is 0 Å². The average molecular weight is 250 g/mol. The van der Waals surface area contributed by atoms with E-state index in [0.29, 0.717) is 4.90 Å². The lowest BCUT2D eigenvalue weighted by atomic mass is 10.1. The minimum absolute atomic E-state index is 0.0135. The van der Waals surface area contributed by atoms with E-state index < -0.39 is 9.84 Å². The van der Waals surface area contributed by atoms with E-state index >= 15 is 0 Å². The highest BCUT2D eigenvalue weighted by molar-refractivity contribution is 7.90. The molecule has 0 spiro atoms. The molecule has 1 aliphatic carbocycles. The number of hydrogen-bond acceptors (Lipinski definition) is 3. The van der Waals surface area contributed by atoms with Crippen molar-refractivity contribution in [2.45, 2.75) is 17.7 Å². The minimum atomic E-state index is -3.13. The summed E-state index contributed by atoms with van der Waals surface area (Å²) in [4.78, 5) is 11.0. The molecule has 0 radical (unpaired) electrons. The molecule has 17 heavy (non-hydrogen) atoms. The van der Waals surface area contributed by atoms with Crippen molar-refractivity contribution in [3.8, 4) is 0 Å². The Kier molecular flexibility index (Phi) is 3.15. The Hall–Kier alpha value is -1.42. The predicted octanol–water partition coefficient (Wildman–Crippen LogP) is 2.08. The Morgan fingerprint density at radius 3 is 2.35 bits per heavy atom. The summed E-state index contributed by atoms with van der Waals surface area (Å²) in [6.45, 7) is 0. The van der Waals surface area contributed by atoms with Crippen molar-refractivity contribution in [3.05, 3.63) is 35.9 Å². The molecule has 0 saturated heterocycles. The van der Waals surface area contributed by atoms with E-state index in [2.05, 4.69) is 0 Å². The highest BCUT2D eigenvalue weighted by Crippen LogP contribution is 2.30. The van der Waals surface area contributed by atoms with Gasteiger partial charge in [0, 0.05) is 12.2 Å². The molecule has 0 amide bonds. The number of benzene rings is 1. The van der Waals surface area contributed by atoms with E-state index in [1.54, 1.807) is 24.3 Å². The topological polar surface area (TPSA) is 51.2 Å². The fourth-order valence-corrected chi connectivity index (χ4v) is 2.64. The van der Waals surface area contributed by atoms with Crippen LogP contribution in [0.2, 0.25) is 0 Å². The molecule has 90 valence electrons. The van der Waals surface area contributed by atoms with Crippen LogP contribution in [0.15, 0.2) is 35.2 Å². The summed E-state index contributed by atoms with van der Waals surface area (Å²) in [5, 5.41) is 0. The third-order valence-electron chi connectivity index (χ3n) is 2.99. The van der Waals surface area contributed by atoms with Gasteiger partial charge in [-0.2, -0.15) is 0 Å². The van der Waals surface area contributed by atoms with Crippen molar-refractivity contribution in [1.82, 2.24) is 0 Å². The lowest BCUT2D eigenvalue weighted by molar-refractivity contribution is -0.109. The van der Waals surface area contributed by atoms with Gasteiger partial charge in [0.15, 0.2) is 9.84 Å². The zero-order chi connectivity index (χ0) is 12.5. The highest BCUT2D eigenvalue weighted by Gasteiger charge is 2.16. The number of hydrogen-bond donors (Lipinski definition) is 0. The van der Waals surface area contributed by atoms with Crippen LogP contribution in [0, 0.1) is 5.92 Å². The standard InChI is InChI=1S/C13H14O3S/c1-17(15,16)13-6-4-11(5-7-13)12-3-2-10(8-12)9-14/h4-10H,2-3H2,1H3. The van der Waals surface area contributed by atoms with Gasteiger partial charge in [0.25, 0.3) is 0 Å². The van der Waals surface area contributed by atoms with Gasteiger partial charge in [-0.1, -0.05) is 18.2 Å². The smallest absolute Gasteiger partial charge is 0.175 e. The van der Waals surface area contributed by atoms with Gasteiger partial charge in [0.1, 0.15) is 6.29 Å². The summed E-state index contributed by atoms with van der Waals surface area (Å²) >= 11 is 0. The third kappa shape index (κ3) is 2.64. The van der Waals surface area contributed by atoms with E-state index in [9.17, 15) is 13.2 Å². The Morgan fingerprint density at radius 2 is 1.88 bits per heavy atom. The molecule has 0 N–H and O–H groups in total. The van der Waals surface area contributed by atoms with Crippen molar-refractivity contribution < 1.29 is 13.2 Å². The molecule has 1 aromatic carbocycles. The monoisotopic (exact) mass is 250 g/mol. The largest absolute Gasteiger partial charge is 0.303 e. The Morgan fingerprint density at radius 1 is 1.24 bits per heavy atom. The summed E-state index contributed by atoms with van der Waals surface area (Å²) in [7, 11) is -3.13. The maximum atomic E-state index is 11.3. The van der Waals surface area contributed by atoms with Gasteiger partial charge in [-0.25, -0.2) is 8.42 Å². The van der Waals surface area contributed by atoms with Crippen LogP contribution >= 0.6 is 0 Å². The molecule has 1 atom stereocenters. The SMILES string of the molecule is CS(=O)(=O)c1ccc(C2=CC(C=O)CC2)cc1. The van der Waals surface area contributed by atoms with Crippen molar-refractivity contribution in [3.63, 3.8) is 0 Å². The van der Waals surface area contributed by atoms with E-state index in [1.807, 2.05) is 6.08 Å².